The Morgan fingerprint density at radius 3 is 2.62 bits per heavy atom. The summed E-state index contributed by atoms with van der Waals surface area (Å²) in [4.78, 5) is 11.8. The van der Waals surface area contributed by atoms with E-state index in [0.29, 0.717) is 23.1 Å². The van der Waals surface area contributed by atoms with Gasteiger partial charge in [-0.15, -0.1) is 0 Å². The number of fused-ring (bicyclic) bond motifs is 1. The van der Waals surface area contributed by atoms with Crippen LogP contribution >= 0.6 is 23.2 Å². The number of rotatable bonds is 3. The topological polar surface area (TPSA) is 26.3 Å². The quantitative estimate of drug-likeness (QED) is 0.770. The van der Waals surface area contributed by atoms with E-state index < -0.39 is 0 Å². The van der Waals surface area contributed by atoms with Crippen molar-refractivity contribution in [1.29, 1.82) is 0 Å². The van der Waals surface area contributed by atoms with Crippen molar-refractivity contribution in [1.82, 2.24) is 0 Å². The Labute approximate surface area is 133 Å². The van der Waals surface area contributed by atoms with Crippen molar-refractivity contribution < 1.29 is 9.53 Å². The zero-order valence-electron chi connectivity index (χ0n) is 11.5. The van der Waals surface area contributed by atoms with E-state index in [9.17, 15) is 4.79 Å². The molecule has 1 aliphatic rings. The Balaban J connectivity index is 1.81. The van der Waals surface area contributed by atoms with E-state index in [2.05, 4.69) is 6.92 Å². The van der Waals surface area contributed by atoms with E-state index in [1.165, 1.54) is 0 Å². The molecule has 2 aromatic carbocycles. The van der Waals surface area contributed by atoms with Gasteiger partial charge in [0.1, 0.15) is 12.4 Å². The molecule has 1 unspecified atom stereocenters. The molecule has 0 amide bonds. The average Bonchev–Trinajstić information content (AvgIpc) is 2.73. The Morgan fingerprint density at radius 2 is 1.90 bits per heavy atom. The highest BCUT2D eigenvalue weighted by Gasteiger charge is 2.26. The number of benzene rings is 2. The SMILES string of the molecule is CC1CC(=O)c2ccc(OCc3c(Cl)cccc3Cl)cc21. The van der Waals surface area contributed by atoms with Gasteiger partial charge in [0, 0.05) is 27.6 Å². The van der Waals surface area contributed by atoms with Crippen LogP contribution in [-0.4, -0.2) is 5.78 Å². The van der Waals surface area contributed by atoms with Crippen molar-refractivity contribution in [2.75, 3.05) is 0 Å². The molecule has 0 bridgehead atoms. The number of hydrogen-bond donors (Lipinski definition) is 0. The van der Waals surface area contributed by atoms with Gasteiger partial charge in [0.05, 0.1) is 0 Å². The van der Waals surface area contributed by atoms with Crippen LogP contribution in [0.2, 0.25) is 10.0 Å². The normalized spacial score (nSPS) is 16.9. The van der Waals surface area contributed by atoms with Gasteiger partial charge in [-0.1, -0.05) is 36.2 Å². The van der Waals surface area contributed by atoms with Crippen molar-refractivity contribution in [3.63, 3.8) is 0 Å². The third-order valence-corrected chi connectivity index (χ3v) is 4.50. The van der Waals surface area contributed by atoms with Crippen LogP contribution in [0.15, 0.2) is 36.4 Å². The van der Waals surface area contributed by atoms with E-state index in [1.54, 1.807) is 18.2 Å². The predicted molar refractivity (Wildman–Crippen MR) is 84.6 cm³/mol. The van der Waals surface area contributed by atoms with Crippen LogP contribution in [0.1, 0.15) is 40.7 Å². The van der Waals surface area contributed by atoms with Crippen LogP contribution in [0.4, 0.5) is 0 Å². The molecule has 2 nitrogen and oxygen atoms in total. The lowest BCUT2D eigenvalue weighted by molar-refractivity contribution is 0.0990. The van der Waals surface area contributed by atoms with Gasteiger partial charge in [-0.2, -0.15) is 0 Å². The summed E-state index contributed by atoms with van der Waals surface area (Å²) in [5.74, 6) is 1.18. The van der Waals surface area contributed by atoms with Crippen molar-refractivity contribution in [3.8, 4) is 5.75 Å². The number of halogens is 2. The molecule has 0 aliphatic heterocycles. The van der Waals surface area contributed by atoms with Gasteiger partial charge in [0.25, 0.3) is 0 Å². The number of carbonyl (C=O) groups is 1. The summed E-state index contributed by atoms with van der Waals surface area (Å²) in [6.07, 6.45) is 0.579. The fourth-order valence-electron chi connectivity index (χ4n) is 2.62. The lowest BCUT2D eigenvalue weighted by atomic mass is 10.0. The van der Waals surface area contributed by atoms with Crippen LogP contribution in [0.3, 0.4) is 0 Å². The zero-order chi connectivity index (χ0) is 15.0. The lowest BCUT2D eigenvalue weighted by Gasteiger charge is -2.11. The summed E-state index contributed by atoms with van der Waals surface area (Å²) >= 11 is 12.2. The first kappa shape index (κ1) is 14.4. The summed E-state index contributed by atoms with van der Waals surface area (Å²) in [7, 11) is 0. The minimum absolute atomic E-state index is 0.207. The van der Waals surface area contributed by atoms with E-state index in [-0.39, 0.29) is 11.7 Å². The maximum Gasteiger partial charge on any atom is 0.163 e. The van der Waals surface area contributed by atoms with Crippen LogP contribution in [0.25, 0.3) is 0 Å². The van der Waals surface area contributed by atoms with E-state index in [1.807, 2.05) is 18.2 Å². The molecule has 0 aromatic heterocycles. The minimum atomic E-state index is 0.207. The van der Waals surface area contributed by atoms with Crippen LogP contribution < -0.4 is 4.74 Å². The van der Waals surface area contributed by atoms with E-state index >= 15 is 0 Å². The molecule has 0 heterocycles. The monoisotopic (exact) mass is 320 g/mol. The third kappa shape index (κ3) is 2.78. The summed E-state index contributed by atoms with van der Waals surface area (Å²) < 4.78 is 5.78. The van der Waals surface area contributed by atoms with Crippen molar-refractivity contribution in [3.05, 3.63) is 63.1 Å². The van der Waals surface area contributed by atoms with Crippen LogP contribution in [0, 0.1) is 0 Å². The first-order chi connectivity index (χ1) is 10.1. The predicted octanol–water partition coefficient (Wildman–Crippen LogP) is 5.26. The molecular formula is C17H14Cl2O2. The maximum absolute atomic E-state index is 11.8. The third-order valence-electron chi connectivity index (χ3n) is 3.79. The molecule has 21 heavy (non-hydrogen) atoms. The fourth-order valence-corrected chi connectivity index (χ4v) is 3.12. The highest BCUT2D eigenvalue weighted by Crippen LogP contribution is 2.35. The molecule has 0 fully saturated rings. The summed E-state index contributed by atoms with van der Waals surface area (Å²) in [6, 6.07) is 11.0. The average molecular weight is 321 g/mol. The summed E-state index contributed by atoms with van der Waals surface area (Å²) in [5, 5.41) is 1.18. The van der Waals surface area contributed by atoms with Gasteiger partial charge in [0.15, 0.2) is 5.78 Å². The van der Waals surface area contributed by atoms with E-state index in [4.69, 9.17) is 27.9 Å². The molecule has 1 aliphatic carbocycles. The highest BCUT2D eigenvalue weighted by molar-refractivity contribution is 6.35. The standard InChI is InChI=1S/C17H14Cl2O2/c1-10-7-17(20)12-6-5-11(8-13(10)12)21-9-14-15(18)3-2-4-16(14)19/h2-6,8,10H,7,9H2,1H3. The number of Topliss-reactive ketones (excluding diaryl/α,β-unsaturated/α-hetero) is 1. The Kier molecular flexibility index (Phi) is 3.92. The van der Waals surface area contributed by atoms with Crippen LogP contribution in [-0.2, 0) is 6.61 Å². The molecule has 4 heteroatoms. The van der Waals surface area contributed by atoms with Gasteiger partial charge in [0.2, 0.25) is 0 Å². The largest absolute Gasteiger partial charge is 0.489 e. The Hall–Kier alpha value is -1.51. The second-order valence-corrected chi connectivity index (χ2v) is 6.08. The number of hydrogen-bond acceptors (Lipinski definition) is 2. The highest BCUT2D eigenvalue weighted by atomic mass is 35.5. The molecule has 0 spiro atoms. The number of carbonyl (C=O) groups excluding carboxylic acids is 1. The van der Waals surface area contributed by atoms with Gasteiger partial charge in [-0.05, 0) is 41.8 Å². The maximum atomic E-state index is 11.8. The molecule has 0 saturated carbocycles. The van der Waals surface area contributed by atoms with Gasteiger partial charge in [-0.25, -0.2) is 0 Å². The Bertz CT molecular complexity index is 690. The van der Waals surface area contributed by atoms with Crippen molar-refractivity contribution >= 4 is 29.0 Å². The van der Waals surface area contributed by atoms with Gasteiger partial charge in [-0.3, -0.25) is 4.79 Å². The van der Waals surface area contributed by atoms with Crippen molar-refractivity contribution in [2.24, 2.45) is 0 Å². The second-order valence-electron chi connectivity index (χ2n) is 5.27. The first-order valence-electron chi connectivity index (χ1n) is 6.79. The molecule has 108 valence electrons. The Morgan fingerprint density at radius 1 is 1.19 bits per heavy atom. The van der Waals surface area contributed by atoms with Gasteiger partial charge >= 0.3 is 0 Å². The first-order valence-corrected chi connectivity index (χ1v) is 7.54. The summed E-state index contributed by atoms with van der Waals surface area (Å²) in [6.45, 7) is 2.36. The van der Waals surface area contributed by atoms with Gasteiger partial charge < -0.3 is 4.74 Å². The molecule has 0 saturated heterocycles. The van der Waals surface area contributed by atoms with Crippen LogP contribution in [0.5, 0.6) is 5.75 Å². The number of ketones is 1. The smallest absolute Gasteiger partial charge is 0.163 e. The number of ether oxygens (including phenoxy) is 1. The molecule has 2 aromatic rings. The molecule has 1 atom stereocenters. The van der Waals surface area contributed by atoms with E-state index in [0.717, 1.165) is 22.4 Å². The van der Waals surface area contributed by atoms with Crippen molar-refractivity contribution in [2.45, 2.75) is 25.9 Å². The molecule has 0 radical (unpaired) electrons. The lowest BCUT2D eigenvalue weighted by Crippen LogP contribution is -1.99. The molecular weight excluding hydrogens is 307 g/mol. The summed E-state index contributed by atoms with van der Waals surface area (Å²) in [5.41, 5.74) is 2.64. The molecule has 3 rings (SSSR count). The minimum Gasteiger partial charge on any atom is -0.489 e. The fraction of sp³-hybridized carbons (Fsp3) is 0.235. The zero-order valence-corrected chi connectivity index (χ0v) is 13.0. The molecule has 0 N–H and O–H groups in total. The second kappa shape index (κ2) is 5.70.